The Balaban J connectivity index is 2.18. The first kappa shape index (κ1) is 10.5. The minimum Gasteiger partial charge on any atom is -0.0651 e. The van der Waals surface area contributed by atoms with Gasteiger partial charge < -0.3 is 0 Å². The quantitative estimate of drug-likeness (QED) is 0.570. The van der Waals surface area contributed by atoms with Gasteiger partial charge in [0.2, 0.25) is 0 Å². The average molecular weight is 194 g/mol. The Morgan fingerprint density at radius 2 is 1.50 bits per heavy atom. The van der Waals surface area contributed by atoms with E-state index in [1.165, 1.54) is 38.5 Å². The first-order valence-corrected chi connectivity index (χ1v) is 6.45. The minimum atomic E-state index is 0.686. The summed E-state index contributed by atoms with van der Waals surface area (Å²) in [6, 6.07) is 0. The molecule has 0 N–H and O–H groups in total. The molecule has 0 nitrogen and oxygen atoms in total. The van der Waals surface area contributed by atoms with Gasteiger partial charge in [-0.25, -0.2) is 0 Å². The fourth-order valence-electron chi connectivity index (χ4n) is 5.00. The number of hydrogen-bond acceptors (Lipinski definition) is 0. The second-order valence-electron chi connectivity index (χ2n) is 6.99. The summed E-state index contributed by atoms with van der Waals surface area (Å²) in [7, 11) is 0. The molecule has 82 valence electrons. The van der Waals surface area contributed by atoms with Gasteiger partial charge in [0.05, 0.1) is 0 Å². The molecule has 2 fully saturated rings. The van der Waals surface area contributed by atoms with Crippen LogP contribution in [-0.4, -0.2) is 0 Å². The van der Waals surface area contributed by atoms with E-state index in [4.69, 9.17) is 0 Å². The van der Waals surface area contributed by atoms with Crippen LogP contribution in [0.3, 0.4) is 0 Å². The topological polar surface area (TPSA) is 0 Å². The van der Waals surface area contributed by atoms with E-state index >= 15 is 0 Å². The van der Waals surface area contributed by atoms with Gasteiger partial charge in [0.25, 0.3) is 0 Å². The summed E-state index contributed by atoms with van der Waals surface area (Å²) >= 11 is 0. The zero-order valence-corrected chi connectivity index (χ0v) is 10.4. The van der Waals surface area contributed by atoms with E-state index in [0.717, 1.165) is 11.8 Å². The predicted octanol–water partition coefficient (Wildman–Crippen LogP) is 4.64. The molecule has 0 amide bonds. The van der Waals surface area contributed by atoms with Crippen LogP contribution >= 0.6 is 0 Å². The number of hydrogen-bond donors (Lipinski definition) is 0. The molecule has 0 heterocycles. The number of rotatable bonds is 1. The Morgan fingerprint density at radius 3 is 1.93 bits per heavy atom. The van der Waals surface area contributed by atoms with Gasteiger partial charge in [0, 0.05) is 0 Å². The van der Waals surface area contributed by atoms with Crippen LogP contribution in [0.2, 0.25) is 0 Å². The molecule has 2 saturated carbocycles. The molecular weight excluding hydrogens is 168 g/mol. The highest BCUT2D eigenvalue weighted by atomic mass is 14.5. The second-order valence-corrected chi connectivity index (χ2v) is 6.99. The van der Waals surface area contributed by atoms with Crippen molar-refractivity contribution >= 4 is 0 Å². The zero-order chi connectivity index (χ0) is 10.4. The van der Waals surface area contributed by atoms with E-state index in [9.17, 15) is 0 Å². The average Bonchev–Trinajstić information content (AvgIpc) is 1.97. The maximum Gasteiger partial charge on any atom is -0.0315 e. The van der Waals surface area contributed by atoms with Crippen LogP contribution in [0.25, 0.3) is 0 Å². The van der Waals surface area contributed by atoms with Crippen molar-refractivity contribution in [2.45, 2.75) is 66.2 Å². The third-order valence-corrected chi connectivity index (χ3v) is 4.68. The molecule has 2 aliphatic rings. The van der Waals surface area contributed by atoms with Crippen LogP contribution in [0.1, 0.15) is 66.2 Å². The van der Waals surface area contributed by atoms with Crippen molar-refractivity contribution in [3.8, 4) is 0 Å². The first-order chi connectivity index (χ1) is 6.45. The highest BCUT2D eigenvalue weighted by Gasteiger charge is 2.47. The summed E-state index contributed by atoms with van der Waals surface area (Å²) in [5.41, 5.74) is 1.37. The molecular formula is C14H26. The maximum atomic E-state index is 2.54. The van der Waals surface area contributed by atoms with E-state index in [1.54, 1.807) is 0 Å². The standard InChI is InChI=1S/C14H26/c1-5-12-8-13(3)6-11(2)7-14(4,9-12)10-13/h11-12H,5-10H2,1-4H3. The Bertz CT molecular complexity index is 200. The molecule has 0 aromatic rings. The van der Waals surface area contributed by atoms with Gasteiger partial charge in [-0.3, -0.25) is 0 Å². The van der Waals surface area contributed by atoms with Crippen molar-refractivity contribution in [3.63, 3.8) is 0 Å². The van der Waals surface area contributed by atoms with E-state index in [0.29, 0.717) is 10.8 Å². The molecule has 0 spiro atoms. The molecule has 0 radical (unpaired) electrons. The molecule has 0 aromatic carbocycles. The summed E-state index contributed by atoms with van der Waals surface area (Å²) in [5.74, 6) is 1.99. The zero-order valence-electron chi connectivity index (χ0n) is 10.4. The SMILES string of the molecule is CCC1CC2(C)CC(C)CC(C)(C1)C2. The predicted molar refractivity (Wildman–Crippen MR) is 62.2 cm³/mol. The summed E-state index contributed by atoms with van der Waals surface area (Å²) < 4.78 is 0. The van der Waals surface area contributed by atoms with E-state index in [2.05, 4.69) is 27.7 Å². The Labute approximate surface area is 89.5 Å². The van der Waals surface area contributed by atoms with E-state index in [-0.39, 0.29) is 0 Å². The molecule has 0 heteroatoms. The highest BCUT2D eigenvalue weighted by molar-refractivity contribution is 4.98. The molecule has 0 aromatic heterocycles. The molecule has 0 saturated heterocycles. The lowest BCUT2D eigenvalue weighted by Crippen LogP contribution is -2.43. The van der Waals surface area contributed by atoms with Crippen molar-refractivity contribution in [2.24, 2.45) is 22.7 Å². The largest absolute Gasteiger partial charge is 0.0651 e. The summed E-state index contributed by atoms with van der Waals surface area (Å²) in [6.07, 6.45) is 8.88. The number of fused-ring (bicyclic) bond motifs is 2. The molecule has 2 unspecified atom stereocenters. The summed E-state index contributed by atoms with van der Waals surface area (Å²) in [5, 5.41) is 0. The fourth-order valence-corrected chi connectivity index (χ4v) is 5.00. The normalized spacial score (nSPS) is 53.1. The van der Waals surface area contributed by atoms with E-state index < -0.39 is 0 Å². The van der Waals surface area contributed by atoms with Gasteiger partial charge in [-0.1, -0.05) is 34.1 Å². The van der Waals surface area contributed by atoms with Crippen LogP contribution < -0.4 is 0 Å². The summed E-state index contributed by atoms with van der Waals surface area (Å²) in [4.78, 5) is 0. The van der Waals surface area contributed by atoms with Gasteiger partial charge in [-0.15, -0.1) is 0 Å². The van der Waals surface area contributed by atoms with Crippen LogP contribution in [0.15, 0.2) is 0 Å². The molecule has 2 aliphatic carbocycles. The van der Waals surface area contributed by atoms with Crippen LogP contribution in [0.5, 0.6) is 0 Å². The van der Waals surface area contributed by atoms with Crippen LogP contribution in [-0.2, 0) is 0 Å². The monoisotopic (exact) mass is 194 g/mol. The maximum absolute atomic E-state index is 2.54. The van der Waals surface area contributed by atoms with Crippen LogP contribution in [0, 0.1) is 22.7 Å². The van der Waals surface area contributed by atoms with Gasteiger partial charge in [-0.05, 0) is 54.8 Å². The van der Waals surface area contributed by atoms with Gasteiger partial charge in [-0.2, -0.15) is 0 Å². The Kier molecular flexibility index (Phi) is 2.44. The van der Waals surface area contributed by atoms with Gasteiger partial charge in [0.15, 0.2) is 0 Å². The molecule has 2 rings (SSSR count). The lowest BCUT2D eigenvalue weighted by molar-refractivity contribution is -0.0330. The lowest BCUT2D eigenvalue weighted by atomic mass is 9.51. The first-order valence-electron chi connectivity index (χ1n) is 6.45. The second kappa shape index (κ2) is 3.25. The van der Waals surface area contributed by atoms with Crippen molar-refractivity contribution in [1.82, 2.24) is 0 Å². The highest BCUT2D eigenvalue weighted by Crippen LogP contribution is 2.58. The molecule has 14 heavy (non-hydrogen) atoms. The fraction of sp³-hybridized carbons (Fsp3) is 1.00. The lowest BCUT2D eigenvalue weighted by Gasteiger charge is -2.54. The van der Waals surface area contributed by atoms with Crippen molar-refractivity contribution in [2.75, 3.05) is 0 Å². The van der Waals surface area contributed by atoms with E-state index in [1.807, 2.05) is 0 Å². The Hall–Kier alpha value is 0. The van der Waals surface area contributed by atoms with Crippen molar-refractivity contribution in [3.05, 3.63) is 0 Å². The Morgan fingerprint density at radius 1 is 1.00 bits per heavy atom. The van der Waals surface area contributed by atoms with Crippen LogP contribution in [0.4, 0.5) is 0 Å². The smallest absolute Gasteiger partial charge is 0.0315 e. The van der Waals surface area contributed by atoms with Gasteiger partial charge in [0.1, 0.15) is 0 Å². The molecule has 2 bridgehead atoms. The molecule has 0 aliphatic heterocycles. The third-order valence-electron chi connectivity index (χ3n) is 4.68. The van der Waals surface area contributed by atoms with Crippen molar-refractivity contribution < 1.29 is 0 Å². The summed E-state index contributed by atoms with van der Waals surface area (Å²) in [6.45, 7) is 9.93. The van der Waals surface area contributed by atoms with Gasteiger partial charge >= 0.3 is 0 Å². The minimum absolute atomic E-state index is 0.686. The third kappa shape index (κ3) is 1.85. The molecule has 2 atom stereocenters. The van der Waals surface area contributed by atoms with Crippen molar-refractivity contribution in [1.29, 1.82) is 0 Å².